The number of halogens is 3. The van der Waals surface area contributed by atoms with Gasteiger partial charge < -0.3 is 13.9 Å². The van der Waals surface area contributed by atoms with Gasteiger partial charge in [0.1, 0.15) is 0 Å². The van der Waals surface area contributed by atoms with Crippen LogP contribution in [0.5, 0.6) is 0 Å². The first-order valence-electron chi connectivity index (χ1n) is 7.84. The highest BCUT2D eigenvalue weighted by Crippen LogP contribution is 2.48. The van der Waals surface area contributed by atoms with E-state index in [0.717, 1.165) is 38.8 Å². The molecule has 0 aromatic heterocycles. The summed E-state index contributed by atoms with van der Waals surface area (Å²) in [6.45, 7) is 7.24. The molecule has 0 heterocycles. The molecule has 0 aromatic carbocycles. The number of hydrogen-bond acceptors (Lipinski definition) is 4. The molecule has 0 aliphatic heterocycles. The van der Waals surface area contributed by atoms with Crippen LogP contribution in [0.2, 0.25) is 0 Å². The van der Waals surface area contributed by atoms with Gasteiger partial charge in [-0.25, -0.2) is 0 Å². The van der Waals surface area contributed by atoms with E-state index < -0.39 is 7.60 Å². The molecule has 0 saturated heterocycles. The van der Waals surface area contributed by atoms with Crippen molar-refractivity contribution < 1.29 is 13.6 Å². The molecule has 0 saturated carbocycles. The highest BCUT2D eigenvalue weighted by Gasteiger charge is 2.25. The molecule has 0 rings (SSSR count). The molecule has 0 atom stereocenters. The Bertz CT molecular complexity index is 266. The third-order valence-corrected chi connectivity index (χ3v) is 5.30. The number of alkyl halides is 2. The maximum atomic E-state index is 12.7. The van der Waals surface area contributed by atoms with Gasteiger partial charge in [0, 0.05) is 31.4 Å². The SMILES string of the molecule is CCCCOP(=O)(CCN(CCCl)CCCl)OCCCC.Cl. The molecule has 0 N–H and O–H groups in total. The standard InChI is InChI=1S/C14H30Cl2NO3P.ClH/c1-3-5-12-19-21(18,20-13-6-4-2)14-11-17(9-7-15)10-8-16;/h3-14H2,1-2H3;1H. The Balaban J connectivity index is 0. The summed E-state index contributed by atoms with van der Waals surface area (Å²) in [6, 6.07) is 0. The molecule has 8 heteroatoms. The van der Waals surface area contributed by atoms with E-state index in [9.17, 15) is 4.57 Å². The van der Waals surface area contributed by atoms with E-state index in [1.165, 1.54) is 0 Å². The highest BCUT2D eigenvalue weighted by atomic mass is 35.5. The van der Waals surface area contributed by atoms with Crippen LogP contribution < -0.4 is 0 Å². The Morgan fingerprint density at radius 3 is 1.73 bits per heavy atom. The summed E-state index contributed by atoms with van der Waals surface area (Å²) in [4.78, 5) is 2.10. The topological polar surface area (TPSA) is 38.8 Å². The van der Waals surface area contributed by atoms with E-state index >= 15 is 0 Å². The Kier molecular flexibility index (Phi) is 19.3. The minimum atomic E-state index is -3.01. The first kappa shape index (κ1) is 25.2. The number of nitrogens with zero attached hydrogens (tertiary/aromatic N) is 1. The molecule has 4 nitrogen and oxygen atoms in total. The van der Waals surface area contributed by atoms with Crippen molar-refractivity contribution in [3.8, 4) is 0 Å². The molecule has 136 valence electrons. The first-order valence-corrected chi connectivity index (χ1v) is 10.6. The largest absolute Gasteiger partial charge is 0.331 e. The van der Waals surface area contributed by atoms with Gasteiger partial charge in [0.25, 0.3) is 0 Å². The van der Waals surface area contributed by atoms with Gasteiger partial charge in [-0.15, -0.1) is 35.6 Å². The molecule has 0 radical (unpaired) electrons. The van der Waals surface area contributed by atoms with Crippen LogP contribution in [0, 0.1) is 0 Å². The maximum absolute atomic E-state index is 12.7. The molecule has 0 aliphatic carbocycles. The second kappa shape index (κ2) is 16.8. The monoisotopic (exact) mass is 397 g/mol. The van der Waals surface area contributed by atoms with Crippen molar-refractivity contribution in [1.82, 2.24) is 4.90 Å². The lowest BCUT2D eigenvalue weighted by Crippen LogP contribution is -2.31. The normalized spacial score (nSPS) is 11.7. The number of hydrogen-bond donors (Lipinski definition) is 0. The third-order valence-electron chi connectivity index (χ3n) is 3.06. The third kappa shape index (κ3) is 13.4. The molecule has 22 heavy (non-hydrogen) atoms. The minimum absolute atomic E-state index is 0. The van der Waals surface area contributed by atoms with Crippen molar-refractivity contribution in [2.24, 2.45) is 0 Å². The fourth-order valence-electron chi connectivity index (χ4n) is 1.70. The van der Waals surface area contributed by atoms with Gasteiger partial charge >= 0.3 is 7.60 Å². The average Bonchev–Trinajstić information content (AvgIpc) is 2.46. The van der Waals surface area contributed by atoms with Gasteiger partial charge in [-0.05, 0) is 12.8 Å². The van der Waals surface area contributed by atoms with E-state index in [1.807, 2.05) is 0 Å². The first-order chi connectivity index (χ1) is 10.1. The number of rotatable bonds is 15. The van der Waals surface area contributed by atoms with Gasteiger partial charge in [0.05, 0.1) is 19.4 Å². The molecule has 0 aliphatic rings. The lowest BCUT2D eigenvalue weighted by molar-refractivity contribution is 0.195. The van der Waals surface area contributed by atoms with Gasteiger partial charge in [-0.2, -0.15) is 0 Å². The Morgan fingerprint density at radius 2 is 1.36 bits per heavy atom. The molecule has 0 fully saturated rings. The lowest BCUT2D eigenvalue weighted by atomic mass is 10.4. The van der Waals surface area contributed by atoms with Crippen molar-refractivity contribution in [3.63, 3.8) is 0 Å². The summed E-state index contributed by atoms with van der Waals surface area (Å²) in [5.74, 6) is 1.07. The van der Waals surface area contributed by atoms with Crippen molar-refractivity contribution >= 4 is 43.2 Å². The van der Waals surface area contributed by atoms with Crippen LogP contribution in [0.25, 0.3) is 0 Å². The van der Waals surface area contributed by atoms with Crippen LogP contribution in [0.15, 0.2) is 0 Å². The molecule has 0 aromatic rings. The molecular weight excluding hydrogens is 367 g/mol. The smallest absolute Gasteiger partial charge is 0.309 e. The summed E-state index contributed by atoms with van der Waals surface area (Å²) in [6.07, 6.45) is 4.22. The van der Waals surface area contributed by atoms with Crippen molar-refractivity contribution in [2.75, 3.05) is 50.8 Å². The zero-order valence-electron chi connectivity index (χ0n) is 13.8. The Hall–Kier alpha value is 0.980. The van der Waals surface area contributed by atoms with Crippen molar-refractivity contribution in [3.05, 3.63) is 0 Å². The van der Waals surface area contributed by atoms with E-state index in [1.54, 1.807) is 0 Å². The summed E-state index contributed by atoms with van der Waals surface area (Å²) >= 11 is 11.5. The van der Waals surface area contributed by atoms with Crippen LogP contribution in [0.3, 0.4) is 0 Å². The minimum Gasteiger partial charge on any atom is -0.309 e. The fraction of sp³-hybridized carbons (Fsp3) is 1.00. The molecule has 0 amide bonds. The van der Waals surface area contributed by atoms with Crippen LogP contribution in [0.4, 0.5) is 0 Å². The molecule has 0 bridgehead atoms. The summed E-state index contributed by atoms with van der Waals surface area (Å²) < 4.78 is 23.9. The molecule has 0 unspecified atom stereocenters. The van der Waals surface area contributed by atoms with E-state index in [0.29, 0.717) is 37.7 Å². The maximum Gasteiger partial charge on any atom is 0.331 e. The van der Waals surface area contributed by atoms with E-state index in [2.05, 4.69) is 18.7 Å². The fourth-order valence-corrected chi connectivity index (χ4v) is 3.85. The lowest BCUT2D eigenvalue weighted by Gasteiger charge is -2.24. The van der Waals surface area contributed by atoms with Crippen LogP contribution >= 0.6 is 43.2 Å². The summed E-state index contributed by atoms with van der Waals surface area (Å²) in [5, 5.41) is 0. The molecule has 0 spiro atoms. The highest BCUT2D eigenvalue weighted by molar-refractivity contribution is 7.53. The van der Waals surface area contributed by atoms with E-state index in [4.69, 9.17) is 32.2 Å². The zero-order chi connectivity index (χ0) is 16.0. The van der Waals surface area contributed by atoms with Crippen molar-refractivity contribution in [1.29, 1.82) is 0 Å². The Morgan fingerprint density at radius 1 is 0.909 bits per heavy atom. The second-order valence-electron chi connectivity index (χ2n) is 4.93. The zero-order valence-corrected chi connectivity index (χ0v) is 17.0. The second-order valence-corrected chi connectivity index (χ2v) is 7.87. The summed E-state index contributed by atoms with van der Waals surface area (Å²) in [7, 11) is -3.01. The predicted molar refractivity (Wildman–Crippen MR) is 99.3 cm³/mol. The Labute approximate surface area is 152 Å². The van der Waals surface area contributed by atoms with Gasteiger partial charge in [0.2, 0.25) is 0 Å². The molecular formula is C14H31Cl3NO3P. The van der Waals surface area contributed by atoms with Crippen LogP contribution in [-0.4, -0.2) is 55.7 Å². The average molecular weight is 399 g/mol. The van der Waals surface area contributed by atoms with Gasteiger partial charge in [-0.3, -0.25) is 4.57 Å². The van der Waals surface area contributed by atoms with Crippen LogP contribution in [0.1, 0.15) is 39.5 Å². The quantitative estimate of drug-likeness (QED) is 0.221. The van der Waals surface area contributed by atoms with Crippen LogP contribution in [-0.2, 0) is 13.6 Å². The van der Waals surface area contributed by atoms with E-state index in [-0.39, 0.29) is 12.4 Å². The predicted octanol–water partition coefficient (Wildman–Crippen LogP) is 5.01. The number of unbranched alkanes of at least 4 members (excludes halogenated alkanes) is 2. The summed E-state index contributed by atoms with van der Waals surface area (Å²) in [5.41, 5.74) is 0. The van der Waals surface area contributed by atoms with Gasteiger partial charge in [0.15, 0.2) is 0 Å². The van der Waals surface area contributed by atoms with Crippen molar-refractivity contribution in [2.45, 2.75) is 39.5 Å². The van der Waals surface area contributed by atoms with Gasteiger partial charge in [-0.1, -0.05) is 26.7 Å².